The van der Waals surface area contributed by atoms with E-state index in [0.717, 1.165) is 32.1 Å². The van der Waals surface area contributed by atoms with Gasteiger partial charge in [0, 0.05) is 13.1 Å². The molecule has 1 saturated carbocycles. The van der Waals surface area contributed by atoms with Gasteiger partial charge in [0.1, 0.15) is 6.10 Å². The van der Waals surface area contributed by atoms with Crippen LogP contribution in [0.25, 0.3) is 0 Å². The number of aromatic nitrogens is 2. The number of hydrogen-bond donors (Lipinski definition) is 0. The standard InChI is InChI=1S/C16H22FN3O3/c1-11-18-13(23-19-11)12-3-6-15(22-12)7-9-20(10-8-15)14(21)16(17)4-2-5-16/h12H,2-10H2,1H3/t12-/m0/s1. The van der Waals surface area contributed by atoms with Crippen LogP contribution in [0, 0.1) is 6.92 Å². The van der Waals surface area contributed by atoms with Crippen LogP contribution in [0.4, 0.5) is 4.39 Å². The van der Waals surface area contributed by atoms with Crippen molar-refractivity contribution in [1.82, 2.24) is 15.0 Å². The Hall–Kier alpha value is -1.50. The summed E-state index contributed by atoms with van der Waals surface area (Å²) in [5, 5.41) is 3.81. The van der Waals surface area contributed by atoms with Crippen molar-refractivity contribution in [2.75, 3.05) is 13.1 Å². The first-order valence-corrected chi connectivity index (χ1v) is 8.46. The maximum atomic E-state index is 14.3. The van der Waals surface area contributed by atoms with Crippen molar-refractivity contribution in [3.63, 3.8) is 0 Å². The highest BCUT2D eigenvalue weighted by Gasteiger charge is 2.50. The zero-order valence-corrected chi connectivity index (χ0v) is 13.4. The third kappa shape index (κ3) is 2.55. The van der Waals surface area contributed by atoms with Crippen molar-refractivity contribution in [3.05, 3.63) is 11.7 Å². The van der Waals surface area contributed by atoms with E-state index in [2.05, 4.69) is 10.1 Å². The highest BCUT2D eigenvalue weighted by molar-refractivity contribution is 5.86. The Bertz CT molecular complexity index is 605. The molecule has 1 aliphatic carbocycles. The minimum absolute atomic E-state index is 0.155. The predicted molar refractivity (Wildman–Crippen MR) is 78.3 cm³/mol. The molecule has 1 atom stereocenters. The number of likely N-dealkylation sites (tertiary alicyclic amines) is 1. The summed E-state index contributed by atoms with van der Waals surface area (Å²) in [5.74, 6) is 0.828. The Morgan fingerprint density at radius 3 is 2.57 bits per heavy atom. The number of nitrogens with zero attached hydrogens (tertiary/aromatic N) is 3. The summed E-state index contributed by atoms with van der Waals surface area (Å²) in [6.45, 7) is 2.93. The predicted octanol–water partition coefficient (Wildman–Crippen LogP) is 2.48. The van der Waals surface area contributed by atoms with Gasteiger partial charge in [0.05, 0.1) is 5.60 Å². The van der Waals surface area contributed by atoms with E-state index in [9.17, 15) is 9.18 Å². The highest BCUT2D eigenvalue weighted by Crippen LogP contribution is 2.45. The summed E-state index contributed by atoms with van der Waals surface area (Å²) in [7, 11) is 0. The normalized spacial score (nSPS) is 28.8. The summed E-state index contributed by atoms with van der Waals surface area (Å²) >= 11 is 0. The van der Waals surface area contributed by atoms with Crippen LogP contribution in [0.1, 0.15) is 62.8 Å². The number of rotatable bonds is 2. The fourth-order valence-electron chi connectivity index (χ4n) is 3.90. The molecule has 7 heteroatoms. The minimum Gasteiger partial charge on any atom is -0.362 e. The largest absolute Gasteiger partial charge is 0.362 e. The number of alkyl halides is 1. The lowest BCUT2D eigenvalue weighted by Crippen LogP contribution is -2.54. The second-order valence-electron chi connectivity index (χ2n) is 7.12. The first-order chi connectivity index (χ1) is 11.0. The number of halogens is 1. The molecule has 1 aromatic rings. The van der Waals surface area contributed by atoms with Crippen molar-refractivity contribution < 1.29 is 18.4 Å². The molecule has 0 unspecified atom stereocenters. The van der Waals surface area contributed by atoms with E-state index in [1.807, 2.05) is 0 Å². The molecular weight excluding hydrogens is 301 g/mol. The van der Waals surface area contributed by atoms with Crippen LogP contribution in [0.15, 0.2) is 4.52 Å². The van der Waals surface area contributed by atoms with Crippen molar-refractivity contribution in [2.24, 2.45) is 0 Å². The second kappa shape index (κ2) is 5.26. The average Bonchev–Trinajstić information content (AvgIpc) is 3.12. The number of carbonyl (C=O) groups excluding carboxylic acids is 1. The van der Waals surface area contributed by atoms with Gasteiger partial charge in [0.2, 0.25) is 0 Å². The van der Waals surface area contributed by atoms with Crippen molar-refractivity contribution in [2.45, 2.75) is 69.2 Å². The summed E-state index contributed by atoms with van der Waals surface area (Å²) in [6.07, 6.45) is 4.68. The van der Waals surface area contributed by atoms with Gasteiger partial charge < -0.3 is 14.2 Å². The van der Waals surface area contributed by atoms with E-state index in [1.54, 1.807) is 11.8 Å². The molecule has 1 aromatic heterocycles. The summed E-state index contributed by atoms with van der Waals surface area (Å²) in [5.41, 5.74) is -1.82. The van der Waals surface area contributed by atoms with Gasteiger partial charge >= 0.3 is 0 Å². The third-order valence-electron chi connectivity index (χ3n) is 5.56. The van der Waals surface area contributed by atoms with E-state index in [0.29, 0.717) is 37.6 Å². The average molecular weight is 323 g/mol. The van der Waals surface area contributed by atoms with Gasteiger partial charge in [-0.15, -0.1) is 0 Å². The SMILES string of the molecule is Cc1noc([C@@H]2CCC3(CCN(C(=O)C4(F)CCC4)CC3)O2)n1. The van der Waals surface area contributed by atoms with Crippen LogP contribution in [-0.4, -0.2) is 45.3 Å². The Kier molecular flexibility index (Phi) is 3.44. The molecule has 1 amide bonds. The maximum Gasteiger partial charge on any atom is 0.260 e. The zero-order chi connectivity index (χ0) is 16.1. The lowest BCUT2D eigenvalue weighted by Gasteiger charge is -2.43. The summed E-state index contributed by atoms with van der Waals surface area (Å²) in [6, 6.07) is 0. The molecule has 1 spiro atoms. The number of hydrogen-bond acceptors (Lipinski definition) is 5. The topological polar surface area (TPSA) is 68.5 Å². The molecule has 6 nitrogen and oxygen atoms in total. The smallest absolute Gasteiger partial charge is 0.260 e. The second-order valence-corrected chi connectivity index (χ2v) is 7.12. The fraction of sp³-hybridized carbons (Fsp3) is 0.812. The van der Waals surface area contributed by atoms with Crippen molar-refractivity contribution in [3.8, 4) is 0 Å². The number of amides is 1. The van der Waals surface area contributed by atoms with Gasteiger partial charge in [-0.3, -0.25) is 4.79 Å². The Morgan fingerprint density at radius 2 is 2.00 bits per heavy atom. The number of carbonyl (C=O) groups is 1. The lowest BCUT2D eigenvalue weighted by molar-refractivity contribution is -0.156. The molecule has 2 saturated heterocycles. The van der Waals surface area contributed by atoms with Crippen LogP contribution in [0.2, 0.25) is 0 Å². The molecule has 2 aliphatic heterocycles. The Balaban J connectivity index is 1.37. The van der Waals surface area contributed by atoms with Gasteiger partial charge in [0.15, 0.2) is 11.5 Å². The van der Waals surface area contributed by atoms with Crippen LogP contribution >= 0.6 is 0 Å². The monoisotopic (exact) mass is 323 g/mol. The van der Waals surface area contributed by atoms with Crippen LogP contribution in [-0.2, 0) is 9.53 Å². The van der Waals surface area contributed by atoms with E-state index in [-0.39, 0.29) is 17.6 Å². The maximum absolute atomic E-state index is 14.3. The Labute approximate surface area is 134 Å². The summed E-state index contributed by atoms with van der Waals surface area (Å²) < 4.78 is 25.7. The van der Waals surface area contributed by atoms with E-state index < -0.39 is 5.67 Å². The molecule has 0 radical (unpaired) electrons. The number of ether oxygens (including phenoxy) is 1. The van der Waals surface area contributed by atoms with Gasteiger partial charge in [-0.1, -0.05) is 5.16 Å². The minimum atomic E-state index is -1.59. The van der Waals surface area contributed by atoms with E-state index in [1.165, 1.54) is 0 Å². The Morgan fingerprint density at radius 1 is 1.26 bits per heavy atom. The molecule has 3 aliphatic rings. The quantitative estimate of drug-likeness (QED) is 0.836. The molecule has 0 bridgehead atoms. The van der Waals surface area contributed by atoms with Gasteiger partial charge in [-0.2, -0.15) is 4.98 Å². The van der Waals surface area contributed by atoms with Crippen LogP contribution in [0.3, 0.4) is 0 Å². The molecule has 23 heavy (non-hydrogen) atoms. The van der Waals surface area contributed by atoms with Gasteiger partial charge in [0.25, 0.3) is 11.8 Å². The van der Waals surface area contributed by atoms with E-state index in [4.69, 9.17) is 9.26 Å². The fourth-order valence-corrected chi connectivity index (χ4v) is 3.90. The van der Waals surface area contributed by atoms with Crippen LogP contribution in [0.5, 0.6) is 0 Å². The molecular formula is C16H22FN3O3. The molecule has 3 fully saturated rings. The van der Waals surface area contributed by atoms with E-state index >= 15 is 0 Å². The first kappa shape index (κ1) is 15.1. The molecule has 0 N–H and O–H groups in total. The lowest BCUT2D eigenvalue weighted by atomic mass is 9.80. The highest BCUT2D eigenvalue weighted by atomic mass is 19.1. The first-order valence-electron chi connectivity index (χ1n) is 8.46. The van der Waals surface area contributed by atoms with Crippen LogP contribution < -0.4 is 0 Å². The van der Waals surface area contributed by atoms with Gasteiger partial charge in [-0.05, 0) is 51.9 Å². The molecule has 4 rings (SSSR count). The number of piperidine rings is 1. The third-order valence-corrected chi connectivity index (χ3v) is 5.56. The molecule has 3 heterocycles. The zero-order valence-electron chi connectivity index (χ0n) is 13.4. The molecule has 0 aromatic carbocycles. The molecule has 126 valence electrons. The number of aryl methyl sites for hydroxylation is 1. The van der Waals surface area contributed by atoms with Crippen molar-refractivity contribution >= 4 is 5.91 Å². The summed E-state index contributed by atoms with van der Waals surface area (Å²) in [4.78, 5) is 18.2. The van der Waals surface area contributed by atoms with Crippen molar-refractivity contribution in [1.29, 1.82) is 0 Å². The van der Waals surface area contributed by atoms with Gasteiger partial charge in [-0.25, -0.2) is 4.39 Å².